The van der Waals surface area contributed by atoms with Gasteiger partial charge in [-0.15, -0.1) is 0 Å². The van der Waals surface area contributed by atoms with Crippen LogP contribution in [0, 0.1) is 28.5 Å². The third-order valence-electron chi connectivity index (χ3n) is 4.15. The standard InChI is InChI=1S/C19H24FNO2.C2N2/c1-21(2)13-5-12-19(23,16-8-10-17(20)11-9-16)18-7-4-3-6-15(18)14-22;3-1-2-4/h3-4,6-11,22-23H,5,12-14H2,1-2H3;. The molecule has 0 aliphatic carbocycles. The van der Waals surface area contributed by atoms with Gasteiger partial charge < -0.3 is 15.1 Å². The highest BCUT2D eigenvalue weighted by molar-refractivity contribution is 5.40. The minimum absolute atomic E-state index is 0.145. The van der Waals surface area contributed by atoms with Crippen LogP contribution < -0.4 is 0 Å². The van der Waals surface area contributed by atoms with Gasteiger partial charge in [-0.1, -0.05) is 36.4 Å². The number of aliphatic hydroxyl groups excluding tert-OH is 1. The fourth-order valence-electron chi connectivity index (χ4n) is 2.87. The lowest BCUT2D eigenvalue weighted by Gasteiger charge is -2.31. The molecule has 2 aromatic rings. The highest BCUT2D eigenvalue weighted by Crippen LogP contribution is 2.36. The van der Waals surface area contributed by atoms with Crippen LogP contribution in [-0.2, 0) is 12.2 Å². The summed E-state index contributed by atoms with van der Waals surface area (Å²) in [5, 5.41) is 35.6. The summed E-state index contributed by atoms with van der Waals surface area (Å²) >= 11 is 0. The highest BCUT2D eigenvalue weighted by Gasteiger charge is 2.33. The summed E-state index contributed by atoms with van der Waals surface area (Å²) in [5.74, 6) is -0.333. The lowest BCUT2D eigenvalue weighted by molar-refractivity contribution is 0.0641. The molecule has 0 heterocycles. The van der Waals surface area contributed by atoms with Gasteiger partial charge in [0.25, 0.3) is 0 Å². The summed E-state index contributed by atoms with van der Waals surface area (Å²) in [6.07, 6.45) is 1.27. The zero-order chi connectivity index (χ0) is 20.3. The Morgan fingerprint density at radius 3 is 2.15 bits per heavy atom. The molecule has 0 radical (unpaired) electrons. The maximum atomic E-state index is 13.3. The molecule has 5 nitrogen and oxygen atoms in total. The molecular weight excluding hydrogens is 345 g/mol. The highest BCUT2D eigenvalue weighted by atomic mass is 19.1. The number of aliphatic hydroxyl groups is 2. The summed E-state index contributed by atoms with van der Waals surface area (Å²) in [6, 6.07) is 15.7. The van der Waals surface area contributed by atoms with Gasteiger partial charge in [0.2, 0.25) is 0 Å². The van der Waals surface area contributed by atoms with Crippen molar-refractivity contribution in [1.82, 2.24) is 4.90 Å². The Hall–Kier alpha value is -2.77. The van der Waals surface area contributed by atoms with Gasteiger partial charge in [0.1, 0.15) is 11.4 Å². The zero-order valence-electron chi connectivity index (χ0n) is 15.6. The molecule has 0 saturated carbocycles. The summed E-state index contributed by atoms with van der Waals surface area (Å²) in [6.45, 7) is 0.693. The maximum Gasteiger partial charge on any atom is 0.181 e. The second kappa shape index (κ2) is 11.1. The number of nitriles is 2. The number of hydrogen-bond acceptors (Lipinski definition) is 5. The van der Waals surface area contributed by atoms with Crippen molar-refractivity contribution in [3.8, 4) is 12.1 Å². The minimum atomic E-state index is -1.25. The fourth-order valence-corrected chi connectivity index (χ4v) is 2.87. The van der Waals surface area contributed by atoms with Gasteiger partial charge in [0.15, 0.2) is 12.1 Å². The minimum Gasteiger partial charge on any atom is -0.392 e. The third-order valence-corrected chi connectivity index (χ3v) is 4.15. The molecule has 0 spiro atoms. The van der Waals surface area contributed by atoms with E-state index in [2.05, 4.69) is 4.90 Å². The van der Waals surface area contributed by atoms with Crippen LogP contribution in [0.3, 0.4) is 0 Å². The normalized spacial score (nSPS) is 12.3. The van der Waals surface area contributed by atoms with Gasteiger partial charge in [-0.3, -0.25) is 0 Å². The van der Waals surface area contributed by atoms with Gasteiger partial charge in [0, 0.05) is 0 Å². The predicted octanol–water partition coefficient (Wildman–Crippen LogP) is 2.93. The van der Waals surface area contributed by atoms with Crippen LogP contribution in [-0.4, -0.2) is 35.8 Å². The molecule has 0 aromatic heterocycles. The van der Waals surface area contributed by atoms with E-state index in [0.717, 1.165) is 13.0 Å². The molecule has 0 aliphatic heterocycles. The van der Waals surface area contributed by atoms with Crippen LogP contribution >= 0.6 is 0 Å². The topological polar surface area (TPSA) is 91.3 Å². The number of rotatable bonds is 7. The molecule has 0 fully saturated rings. The predicted molar refractivity (Wildman–Crippen MR) is 101 cm³/mol. The van der Waals surface area contributed by atoms with Gasteiger partial charge in [-0.05, 0) is 62.3 Å². The Labute approximate surface area is 159 Å². The summed E-state index contributed by atoms with van der Waals surface area (Å²) in [5.41, 5.74) is 0.749. The Morgan fingerprint density at radius 2 is 1.63 bits per heavy atom. The Balaban J connectivity index is 0.000000828. The molecule has 142 valence electrons. The van der Waals surface area contributed by atoms with E-state index in [1.165, 1.54) is 24.3 Å². The van der Waals surface area contributed by atoms with Crippen molar-refractivity contribution in [2.45, 2.75) is 25.0 Å². The second-order valence-electron chi connectivity index (χ2n) is 6.31. The van der Waals surface area contributed by atoms with E-state index in [-0.39, 0.29) is 12.4 Å². The van der Waals surface area contributed by atoms with E-state index in [0.29, 0.717) is 23.1 Å². The van der Waals surface area contributed by atoms with Crippen LogP contribution in [0.1, 0.15) is 29.5 Å². The average molecular weight is 369 g/mol. The number of nitrogens with zero attached hydrogens (tertiary/aromatic N) is 3. The Kier molecular flexibility index (Phi) is 9.12. The Morgan fingerprint density at radius 1 is 1.04 bits per heavy atom. The van der Waals surface area contributed by atoms with Crippen molar-refractivity contribution in [3.05, 3.63) is 71.0 Å². The smallest absolute Gasteiger partial charge is 0.181 e. The van der Waals surface area contributed by atoms with Crippen molar-refractivity contribution >= 4 is 0 Å². The van der Waals surface area contributed by atoms with Crippen molar-refractivity contribution in [1.29, 1.82) is 10.5 Å². The van der Waals surface area contributed by atoms with Crippen molar-refractivity contribution < 1.29 is 14.6 Å². The molecular formula is C21H24FN3O2. The van der Waals surface area contributed by atoms with Crippen LogP contribution in [0.25, 0.3) is 0 Å². The third kappa shape index (κ3) is 6.47. The molecule has 27 heavy (non-hydrogen) atoms. The molecule has 2 rings (SSSR count). The van der Waals surface area contributed by atoms with E-state index >= 15 is 0 Å². The maximum absolute atomic E-state index is 13.3. The van der Waals surface area contributed by atoms with E-state index in [1.807, 2.05) is 32.3 Å². The number of hydrogen-bond donors (Lipinski definition) is 2. The summed E-state index contributed by atoms with van der Waals surface area (Å²) in [7, 11) is 3.97. The lowest BCUT2D eigenvalue weighted by Crippen LogP contribution is -2.30. The lowest BCUT2D eigenvalue weighted by atomic mass is 9.80. The summed E-state index contributed by atoms with van der Waals surface area (Å²) < 4.78 is 13.3. The molecule has 0 amide bonds. The van der Waals surface area contributed by atoms with Gasteiger partial charge in [-0.2, -0.15) is 10.5 Å². The molecule has 1 unspecified atom stereocenters. The van der Waals surface area contributed by atoms with E-state index in [9.17, 15) is 14.6 Å². The van der Waals surface area contributed by atoms with E-state index in [4.69, 9.17) is 10.5 Å². The Bertz CT molecular complexity index is 782. The van der Waals surface area contributed by atoms with E-state index < -0.39 is 5.60 Å². The van der Waals surface area contributed by atoms with Gasteiger partial charge >= 0.3 is 0 Å². The van der Waals surface area contributed by atoms with Gasteiger partial charge in [-0.25, -0.2) is 4.39 Å². The second-order valence-corrected chi connectivity index (χ2v) is 6.31. The summed E-state index contributed by atoms with van der Waals surface area (Å²) in [4.78, 5) is 2.06. The first kappa shape index (κ1) is 22.3. The number of benzene rings is 2. The largest absolute Gasteiger partial charge is 0.392 e. The van der Waals surface area contributed by atoms with Crippen molar-refractivity contribution in [2.24, 2.45) is 0 Å². The molecule has 6 heteroatoms. The van der Waals surface area contributed by atoms with E-state index in [1.54, 1.807) is 18.2 Å². The van der Waals surface area contributed by atoms with Crippen molar-refractivity contribution in [2.75, 3.05) is 20.6 Å². The van der Waals surface area contributed by atoms with Crippen LogP contribution in [0.5, 0.6) is 0 Å². The molecule has 2 aromatic carbocycles. The molecule has 2 N–H and O–H groups in total. The van der Waals surface area contributed by atoms with Crippen LogP contribution in [0.15, 0.2) is 48.5 Å². The fraction of sp³-hybridized carbons (Fsp3) is 0.333. The molecule has 1 atom stereocenters. The van der Waals surface area contributed by atoms with Crippen molar-refractivity contribution in [3.63, 3.8) is 0 Å². The first-order chi connectivity index (χ1) is 12.9. The average Bonchev–Trinajstić information content (AvgIpc) is 2.68. The molecule has 0 aliphatic rings. The monoisotopic (exact) mass is 369 g/mol. The van der Waals surface area contributed by atoms with Gasteiger partial charge in [0.05, 0.1) is 6.61 Å². The SMILES string of the molecule is CN(C)CCCC(O)(c1ccc(F)cc1)c1ccccc1CO.N#CC#N. The first-order valence-corrected chi connectivity index (χ1v) is 8.49. The first-order valence-electron chi connectivity index (χ1n) is 8.49. The molecule has 0 saturated heterocycles. The zero-order valence-corrected chi connectivity index (χ0v) is 15.6. The quantitative estimate of drug-likeness (QED) is 0.783. The van der Waals surface area contributed by atoms with Crippen LogP contribution in [0.2, 0.25) is 0 Å². The number of halogens is 1. The molecule has 0 bridgehead atoms. The van der Waals surface area contributed by atoms with Crippen LogP contribution in [0.4, 0.5) is 4.39 Å².